The number of benzene rings is 1. The summed E-state index contributed by atoms with van der Waals surface area (Å²) in [4.78, 5) is 0. The van der Waals surface area contributed by atoms with Gasteiger partial charge in [0, 0.05) is 13.7 Å². The molecule has 1 aromatic carbocycles. The van der Waals surface area contributed by atoms with Gasteiger partial charge in [-0.05, 0) is 56.9 Å². The van der Waals surface area contributed by atoms with Gasteiger partial charge >= 0.3 is 0 Å². The first-order valence-corrected chi connectivity index (χ1v) is 7.29. The van der Waals surface area contributed by atoms with Crippen LogP contribution in [0.2, 0.25) is 0 Å². The van der Waals surface area contributed by atoms with Gasteiger partial charge in [-0.1, -0.05) is 24.3 Å². The van der Waals surface area contributed by atoms with E-state index in [9.17, 15) is 0 Å². The molecule has 1 rings (SSSR count). The molecule has 0 heterocycles. The van der Waals surface area contributed by atoms with Gasteiger partial charge in [-0.2, -0.15) is 0 Å². The molecule has 3 nitrogen and oxygen atoms in total. The second-order valence-electron chi connectivity index (χ2n) is 4.88. The van der Waals surface area contributed by atoms with Crippen molar-refractivity contribution in [2.75, 3.05) is 39.9 Å². The van der Waals surface area contributed by atoms with E-state index in [2.05, 4.69) is 41.8 Å². The molecular formula is C16H28N2O. The molecule has 0 fully saturated rings. The summed E-state index contributed by atoms with van der Waals surface area (Å²) in [6.45, 7) is 7.19. The molecule has 0 saturated carbocycles. The number of hydrogen-bond acceptors (Lipinski definition) is 3. The molecule has 0 atom stereocenters. The fourth-order valence-electron chi connectivity index (χ4n) is 2.06. The minimum atomic E-state index is 0.795. The van der Waals surface area contributed by atoms with E-state index in [1.165, 1.54) is 30.4 Å². The smallest absolute Gasteiger partial charge is 0.0587 e. The third-order valence-electron chi connectivity index (χ3n) is 3.25. The van der Waals surface area contributed by atoms with E-state index in [1.54, 1.807) is 7.11 Å². The quantitative estimate of drug-likeness (QED) is 0.601. The molecule has 3 heteroatoms. The molecule has 0 aliphatic carbocycles. The molecule has 19 heavy (non-hydrogen) atoms. The Morgan fingerprint density at radius 1 is 0.947 bits per heavy atom. The third-order valence-corrected chi connectivity index (χ3v) is 3.25. The van der Waals surface area contributed by atoms with Crippen LogP contribution in [0.5, 0.6) is 0 Å². The molecule has 0 aromatic heterocycles. The Morgan fingerprint density at radius 2 is 1.63 bits per heavy atom. The van der Waals surface area contributed by atoms with Crippen LogP contribution < -0.4 is 10.6 Å². The minimum Gasteiger partial charge on any atom is -0.383 e. The maximum atomic E-state index is 4.98. The van der Waals surface area contributed by atoms with Crippen molar-refractivity contribution in [1.82, 2.24) is 10.6 Å². The number of rotatable bonds is 11. The van der Waals surface area contributed by atoms with Crippen molar-refractivity contribution in [2.45, 2.75) is 26.2 Å². The van der Waals surface area contributed by atoms with Crippen LogP contribution in [0, 0.1) is 6.92 Å². The molecular weight excluding hydrogens is 236 g/mol. The monoisotopic (exact) mass is 264 g/mol. The van der Waals surface area contributed by atoms with E-state index < -0.39 is 0 Å². The Morgan fingerprint density at radius 3 is 2.37 bits per heavy atom. The van der Waals surface area contributed by atoms with E-state index in [-0.39, 0.29) is 0 Å². The number of methoxy groups -OCH3 is 1. The average Bonchev–Trinajstić information content (AvgIpc) is 2.43. The topological polar surface area (TPSA) is 33.3 Å². The van der Waals surface area contributed by atoms with Crippen LogP contribution in [0.4, 0.5) is 0 Å². The number of hydrogen-bond donors (Lipinski definition) is 2. The highest BCUT2D eigenvalue weighted by Gasteiger charge is 1.96. The predicted octanol–water partition coefficient (Wildman–Crippen LogP) is 2.14. The fraction of sp³-hybridized carbons (Fsp3) is 0.625. The highest BCUT2D eigenvalue weighted by atomic mass is 16.5. The number of aryl methyl sites for hydroxylation is 2. The second-order valence-corrected chi connectivity index (χ2v) is 4.88. The third kappa shape index (κ3) is 7.98. The van der Waals surface area contributed by atoms with Crippen molar-refractivity contribution in [2.24, 2.45) is 0 Å². The van der Waals surface area contributed by atoms with Crippen LogP contribution in [0.25, 0.3) is 0 Å². The van der Waals surface area contributed by atoms with Crippen LogP contribution in [0.3, 0.4) is 0 Å². The Kier molecular flexibility index (Phi) is 9.33. The zero-order valence-electron chi connectivity index (χ0n) is 12.4. The average molecular weight is 264 g/mol. The van der Waals surface area contributed by atoms with Crippen LogP contribution in [0.1, 0.15) is 24.0 Å². The summed E-state index contributed by atoms with van der Waals surface area (Å²) < 4.78 is 4.98. The molecule has 0 aliphatic heterocycles. The number of nitrogens with one attached hydrogen (secondary N) is 2. The molecule has 0 saturated heterocycles. The molecule has 0 bridgehead atoms. The van der Waals surface area contributed by atoms with E-state index in [0.717, 1.165) is 32.8 Å². The predicted molar refractivity (Wildman–Crippen MR) is 81.7 cm³/mol. The van der Waals surface area contributed by atoms with Crippen LogP contribution in [-0.2, 0) is 11.2 Å². The normalized spacial score (nSPS) is 10.8. The van der Waals surface area contributed by atoms with Crippen LogP contribution in [-0.4, -0.2) is 39.9 Å². The molecule has 1 aromatic rings. The van der Waals surface area contributed by atoms with E-state index >= 15 is 0 Å². The van der Waals surface area contributed by atoms with Gasteiger partial charge in [0.05, 0.1) is 6.61 Å². The van der Waals surface area contributed by atoms with Gasteiger partial charge in [0.1, 0.15) is 0 Å². The summed E-state index contributed by atoms with van der Waals surface area (Å²) in [5.41, 5.74) is 2.88. The molecule has 0 unspecified atom stereocenters. The van der Waals surface area contributed by atoms with Crippen molar-refractivity contribution >= 4 is 0 Å². The highest BCUT2D eigenvalue weighted by Crippen LogP contribution is 2.08. The zero-order valence-corrected chi connectivity index (χ0v) is 12.4. The Bertz CT molecular complexity index is 328. The lowest BCUT2D eigenvalue weighted by Crippen LogP contribution is -2.25. The lowest BCUT2D eigenvalue weighted by atomic mass is 10.0. The van der Waals surface area contributed by atoms with Gasteiger partial charge < -0.3 is 15.4 Å². The minimum absolute atomic E-state index is 0.795. The Hall–Kier alpha value is -0.900. The van der Waals surface area contributed by atoms with Crippen molar-refractivity contribution in [3.63, 3.8) is 0 Å². The van der Waals surface area contributed by atoms with Crippen LogP contribution in [0.15, 0.2) is 24.3 Å². The first kappa shape index (κ1) is 16.2. The van der Waals surface area contributed by atoms with E-state index in [4.69, 9.17) is 4.74 Å². The molecule has 2 N–H and O–H groups in total. The van der Waals surface area contributed by atoms with Gasteiger partial charge in [-0.3, -0.25) is 0 Å². The van der Waals surface area contributed by atoms with Gasteiger partial charge in [0.2, 0.25) is 0 Å². The largest absolute Gasteiger partial charge is 0.383 e. The highest BCUT2D eigenvalue weighted by molar-refractivity contribution is 5.25. The molecule has 0 aliphatic rings. The van der Waals surface area contributed by atoms with E-state index in [1.807, 2.05) is 0 Å². The zero-order chi connectivity index (χ0) is 13.8. The summed E-state index contributed by atoms with van der Waals surface area (Å²) in [5, 5.41) is 6.84. The van der Waals surface area contributed by atoms with Gasteiger partial charge in [-0.25, -0.2) is 0 Å². The summed E-state index contributed by atoms with van der Waals surface area (Å²) in [5.74, 6) is 0. The SMILES string of the molecule is COCCNCCCNCCCc1ccccc1C. The Balaban J connectivity index is 1.90. The van der Waals surface area contributed by atoms with Crippen molar-refractivity contribution in [1.29, 1.82) is 0 Å². The van der Waals surface area contributed by atoms with Gasteiger partial charge in [0.15, 0.2) is 0 Å². The summed E-state index contributed by atoms with van der Waals surface area (Å²) in [7, 11) is 1.73. The lowest BCUT2D eigenvalue weighted by molar-refractivity contribution is 0.199. The van der Waals surface area contributed by atoms with Gasteiger partial charge in [0.25, 0.3) is 0 Å². The van der Waals surface area contributed by atoms with Crippen molar-refractivity contribution < 1.29 is 4.74 Å². The van der Waals surface area contributed by atoms with Crippen LogP contribution >= 0.6 is 0 Å². The van der Waals surface area contributed by atoms with Crippen molar-refractivity contribution in [3.05, 3.63) is 35.4 Å². The summed E-state index contributed by atoms with van der Waals surface area (Å²) in [6.07, 6.45) is 3.56. The van der Waals surface area contributed by atoms with Crippen molar-refractivity contribution in [3.8, 4) is 0 Å². The van der Waals surface area contributed by atoms with Gasteiger partial charge in [-0.15, -0.1) is 0 Å². The molecule has 0 radical (unpaired) electrons. The molecule has 0 amide bonds. The molecule has 0 spiro atoms. The second kappa shape index (κ2) is 11.0. The first-order chi connectivity index (χ1) is 9.34. The van der Waals surface area contributed by atoms with E-state index in [0.29, 0.717) is 0 Å². The summed E-state index contributed by atoms with van der Waals surface area (Å²) in [6, 6.07) is 8.65. The maximum absolute atomic E-state index is 4.98. The maximum Gasteiger partial charge on any atom is 0.0587 e. The lowest BCUT2D eigenvalue weighted by Gasteiger charge is -2.07. The molecule has 108 valence electrons. The summed E-state index contributed by atoms with van der Waals surface area (Å²) >= 11 is 0. The standard InChI is InChI=1S/C16H28N2O/c1-15-7-3-4-8-16(15)9-5-10-17-11-6-12-18-13-14-19-2/h3-4,7-8,17-18H,5-6,9-14H2,1-2H3. The number of ether oxygens (including phenoxy) is 1. The Labute approximate surface area is 117 Å². The fourth-order valence-corrected chi connectivity index (χ4v) is 2.06. The first-order valence-electron chi connectivity index (χ1n) is 7.29.